The molecule has 1 fully saturated rings. The standard InChI is InChI=1S/C13H16ClN3O4/c1-2-21-12(19)9(8-18)10-7-11(14)16-13(15-10)17-3-5-20-6-4-17/h7-9H,2-6H2,1H3. The van der Waals surface area contributed by atoms with Crippen molar-refractivity contribution >= 4 is 29.8 Å². The number of hydrogen-bond donors (Lipinski definition) is 0. The first-order valence-corrected chi connectivity index (χ1v) is 7.02. The van der Waals surface area contributed by atoms with Crippen molar-refractivity contribution in [1.82, 2.24) is 9.97 Å². The fraction of sp³-hybridized carbons (Fsp3) is 0.538. The van der Waals surface area contributed by atoms with Crippen molar-refractivity contribution < 1.29 is 19.1 Å². The molecule has 21 heavy (non-hydrogen) atoms. The third-order valence-electron chi connectivity index (χ3n) is 2.99. The Bertz CT molecular complexity index is 520. The van der Waals surface area contributed by atoms with Crippen LogP contribution in [0, 0.1) is 0 Å². The lowest BCUT2D eigenvalue weighted by Gasteiger charge is -2.27. The minimum atomic E-state index is -1.09. The molecule has 0 spiro atoms. The van der Waals surface area contributed by atoms with Crippen LogP contribution >= 0.6 is 11.6 Å². The summed E-state index contributed by atoms with van der Waals surface area (Å²) in [6.07, 6.45) is 0.500. The number of carbonyl (C=O) groups excluding carboxylic acids is 2. The Kier molecular flexibility index (Phi) is 5.46. The second-order valence-electron chi connectivity index (χ2n) is 4.38. The van der Waals surface area contributed by atoms with Crippen LogP contribution in [0.1, 0.15) is 18.5 Å². The Hall–Kier alpha value is -1.73. The molecule has 0 aromatic carbocycles. The minimum absolute atomic E-state index is 0.178. The maximum absolute atomic E-state index is 11.8. The highest BCUT2D eigenvalue weighted by Gasteiger charge is 2.25. The quantitative estimate of drug-likeness (QED) is 0.344. The average molecular weight is 314 g/mol. The molecule has 1 aliphatic rings. The molecule has 1 unspecified atom stereocenters. The fourth-order valence-electron chi connectivity index (χ4n) is 1.96. The second kappa shape index (κ2) is 7.33. The fourth-order valence-corrected chi connectivity index (χ4v) is 2.15. The predicted octanol–water partition coefficient (Wildman–Crippen LogP) is 0.812. The van der Waals surface area contributed by atoms with E-state index < -0.39 is 11.9 Å². The summed E-state index contributed by atoms with van der Waals surface area (Å²) in [5.41, 5.74) is 0.241. The summed E-state index contributed by atoms with van der Waals surface area (Å²) in [4.78, 5) is 33.3. The molecule has 1 aromatic heterocycles. The summed E-state index contributed by atoms with van der Waals surface area (Å²) in [7, 11) is 0. The van der Waals surface area contributed by atoms with E-state index in [2.05, 4.69) is 9.97 Å². The van der Waals surface area contributed by atoms with Gasteiger partial charge in [-0.15, -0.1) is 0 Å². The molecule has 8 heteroatoms. The van der Waals surface area contributed by atoms with Crippen molar-refractivity contribution in [3.63, 3.8) is 0 Å². The van der Waals surface area contributed by atoms with E-state index in [1.165, 1.54) is 6.07 Å². The van der Waals surface area contributed by atoms with E-state index in [4.69, 9.17) is 21.1 Å². The first kappa shape index (κ1) is 15.7. The van der Waals surface area contributed by atoms with Crippen LogP contribution in [-0.4, -0.2) is 55.1 Å². The van der Waals surface area contributed by atoms with Gasteiger partial charge >= 0.3 is 5.97 Å². The van der Waals surface area contributed by atoms with Crippen LogP contribution in [0.4, 0.5) is 5.95 Å². The zero-order valence-electron chi connectivity index (χ0n) is 11.6. The summed E-state index contributed by atoms with van der Waals surface area (Å²) >= 11 is 5.97. The van der Waals surface area contributed by atoms with E-state index in [0.29, 0.717) is 38.5 Å². The molecule has 1 aromatic rings. The lowest BCUT2D eigenvalue weighted by atomic mass is 10.1. The molecule has 0 saturated carbocycles. The maximum atomic E-state index is 11.8. The van der Waals surface area contributed by atoms with E-state index in [-0.39, 0.29) is 17.5 Å². The number of anilines is 1. The number of carbonyl (C=O) groups is 2. The zero-order valence-corrected chi connectivity index (χ0v) is 12.4. The first-order chi connectivity index (χ1) is 10.2. The van der Waals surface area contributed by atoms with Crippen molar-refractivity contribution in [2.75, 3.05) is 37.8 Å². The van der Waals surface area contributed by atoms with Gasteiger partial charge in [-0.1, -0.05) is 11.6 Å². The molecule has 114 valence electrons. The van der Waals surface area contributed by atoms with Crippen LogP contribution in [0.3, 0.4) is 0 Å². The lowest BCUT2D eigenvalue weighted by Crippen LogP contribution is -2.37. The van der Waals surface area contributed by atoms with Crippen molar-refractivity contribution in [2.45, 2.75) is 12.8 Å². The van der Waals surface area contributed by atoms with Gasteiger partial charge in [0, 0.05) is 13.1 Å². The van der Waals surface area contributed by atoms with Gasteiger partial charge in [-0.25, -0.2) is 9.97 Å². The third kappa shape index (κ3) is 3.89. The van der Waals surface area contributed by atoms with Gasteiger partial charge in [0.1, 0.15) is 11.4 Å². The monoisotopic (exact) mass is 313 g/mol. The first-order valence-electron chi connectivity index (χ1n) is 6.64. The molecule has 2 rings (SSSR count). The summed E-state index contributed by atoms with van der Waals surface area (Å²) < 4.78 is 10.1. The van der Waals surface area contributed by atoms with Crippen molar-refractivity contribution in [3.8, 4) is 0 Å². The third-order valence-corrected chi connectivity index (χ3v) is 3.19. The highest BCUT2D eigenvalue weighted by molar-refractivity contribution is 6.29. The molecule has 0 bridgehead atoms. The Morgan fingerprint density at radius 1 is 1.52 bits per heavy atom. The van der Waals surface area contributed by atoms with Gasteiger partial charge in [0.05, 0.1) is 25.5 Å². The predicted molar refractivity (Wildman–Crippen MR) is 75.5 cm³/mol. The minimum Gasteiger partial charge on any atom is -0.465 e. The van der Waals surface area contributed by atoms with Gasteiger partial charge in [0.15, 0.2) is 5.92 Å². The molecule has 0 N–H and O–H groups in total. The average Bonchev–Trinajstić information content (AvgIpc) is 2.48. The Morgan fingerprint density at radius 3 is 2.86 bits per heavy atom. The molecule has 0 radical (unpaired) electrons. The summed E-state index contributed by atoms with van der Waals surface area (Å²) in [6.45, 7) is 4.26. The number of nitrogens with zero attached hydrogens (tertiary/aromatic N) is 3. The van der Waals surface area contributed by atoms with Crippen LogP contribution < -0.4 is 4.90 Å². The van der Waals surface area contributed by atoms with E-state index in [0.717, 1.165) is 0 Å². The van der Waals surface area contributed by atoms with Crippen LogP contribution in [0.25, 0.3) is 0 Å². The molecular weight excluding hydrogens is 298 g/mol. The Morgan fingerprint density at radius 2 is 2.24 bits per heavy atom. The smallest absolute Gasteiger partial charge is 0.322 e. The van der Waals surface area contributed by atoms with Gasteiger partial charge in [0.25, 0.3) is 0 Å². The van der Waals surface area contributed by atoms with E-state index in [9.17, 15) is 9.59 Å². The molecule has 0 amide bonds. The lowest BCUT2D eigenvalue weighted by molar-refractivity contribution is -0.146. The van der Waals surface area contributed by atoms with Gasteiger partial charge < -0.3 is 19.2 Å². The summed E-state index contributed by atoms with van der Waals surface area (Å²) in [5.74, 6) is -1.35. The SMILES string of the molecule is CCOC(=O)C(C=O)c1cc(Cl)nc(N2CCOCC2)n1. The maximum Gasteiger partial charge on any atom is 0.322 e. The molecule has 7 nitrogen and oxygen atoms in total. The molecule has 1 atom stereocenters. The summed E-state index contributed by atoms with van der Waals surface area (Å²) in [6, 6.07) is 1.40. The number of aldehydes is 1. The van der Waals surface area contributed by atoms with Crippen LogP contribution in [0.15, 0.2) is 6.07 Å². The molecule has 1 saturated heterocycles. The van der Waals surface area contributed by atoms with Crippen LogP contribution in [0.2, 0.25) is 5.15 Å². The van der Waals surface area contributed by atoms with Gasteiger partial charge in [-0.3, -0.25) is 4.79 Å². The Labute approximate surface area is 127 Å². The number of rotatable bonds is 5. The topological polar surface area (TPSA) is 81.6 Å². The van der Waals surface area contributed by atoms with Gasteiger partial charge in [-0.2, -0.15) is 0 Å². The van der Waals surface area contributed by atoms with E-state index in [1.54, 1.807) is 6.92 Å². The van der Waals surface area contributed by atoms with Crippen LogP contribution in [0.5, 0.6) is 0 Å². The molecular formula is C13H16ClN3O4. The molecule has 0 aliphatic carbocycles. The van der Waals surface area contributed by atoms with Crippen molar-refractivity contribution in [3.05, 3.63) is 16.9 Å². The Balaban J connectivity index is 2.28. The van der Waals surface area contributed by atoms with Gasteiger partial charge in [0.2, 0.25) is 5.95 Å². The number of ether oxygens (including phenoxy) is 2. The number of morpholine rings is 1. The van der Waals surface area contributed by atoms with E-state index >= 15 is 0 Å². The van der Waals surface area contributed by atoms with Crippen LogP contribution in [-0.2, 0) is 19.1 Å². The normalized spacial score (nSPS) is 16.4. The van der Waals surface area contributed by atoms with Crippen molar-refractivity contribution in [2.24, 2.45) is 0 Å². The van der Waals surface area contributed by atoms with E-state index in [1.807, 2.05) is 4.90 Å². The second-order valence-corrected chi connectivity index (χ2v) is 4.77. The largest absolute Gasteiger partial charge is 0.465 e. The highest BCUT2D eigenvalue weighted by Crippen LogP contribution is 2.21. The zero-order chi connectivity index (χ0) is 15.2. The highest BCUT2D eigenvalue weighted by atomic mass is 35.5. The summed E-state index contributed by atoms with van der Waals surface area (Å²) in [5, 5.41) is 0.178. The number of hydrogen-bond acceptors (Lipinski definition) is 7. The number of esters is 1. The van der Waals surface area contributed by atoms with Crippen molar-refractivity contribution in [1.29, 1.82) is 0 Å². The molecule has 1 aliphatic heterocycles. The molecule has 2 heterocycles. The van der Waals surface area contributed by atoms with Gasteiger partial charge in [-0.05, 0) is 13.0 Å². The number of halogens is 1. The number of aromatic nitrogens is 2.